The topological polar surface area (TPSA) is 78.6 Å². The second kappa shape index (κ2) is 9.16. The minimum atomic E-state index is -0.0399. The molecule has 0 aliphatic carbocycles. The molecule has 0 amide bonds. The minimum Gasteiger partial charge on any atom is -0.316 e. The fourth-order valence-electron chi connectivity index (χ4n) is 2.72. The van der Waals surface area contributed by atoms with Crippen molar-refractivity contribution in [2.24, 2.45) is 0 Å². The van der Waals surface area contributed by atoms with Crippen LogP contribution in [0.5, 0.6) is 0 Å². The van der Waals surface area contributed by atoms with Gasteiger partial charge in [0.15, 0.2) is 5.65 Å². The molecule has 0 radical (unpaired) electrons. The number of rotatable bonds is 2. The van der Waals surface area contributed by atoms with E-state index in [0.29, 0.717) is 23.5 Å². The maximum absolute atomic E-state index is 11.3. The van der Waals surface area contributed by atoms with Crippen LogP contribution < -0.4 is 11.0 Å². The second-order valence-electron chi connectivity index (χ2n) is 6.50. The molecule has 0 aromatic carbocycles. The molecular weight excluding hydrogens is 356 g/mol. The van der Waals surface area contributed by atoms with Crippen LogP contribution in [0.1, 0.15) is 53.6 Å². The lowest BCUT2D eigenvalue weighted by molar-refractivity contribution is 0.494. The smallest absolute Gasteiger partial charge is 0.258 e. The first kappa shape index (κ1) is 21.1. The van der Waals surface area contributed by atoms with Gasteiger partial charge in [-0.2, -0.15) is 0 Å². The summed E-state index contributed by atoms with van der Waals surface area (Å²) in [6, 6.07) is 3.72. The third-order valence-electron chi connectivity index (χ3n) is 4.02. The average molecular weight is 384 g/mol. The molecule has 0 saturated carbocycles. The number of nitrogens with zero attached hydrogens (tertiary/aromatic N) is 6. The Morgan fingerprint density at radius 1 is 0.821 bits per heavy atom. The monoisotopic (exact) mass is 384 g/mol. The summed E-state index contributed by atoms with van der Waals surface area (Å²) in [6.07, 6.45) is 10.3. The van der Waals surface area contributed by atoms with E-state index in [0.717, 1.165) is 0 Å². The Labute approximate surface area is 163 Å². The van der Waals surface area contributed by atoms with Gasteiger partial charge in [0.1, 0.15) is 0 Å². The van der Waals surface area contributed by atoms with E-state index in [2.05, 4.69) is 37.7 Å². The standard InChI is InChI=1S/2C9H11N3O.C2H6/c1-7(2)11-5-3-8(13)12-6-4-10-9(11)12;1-7(2)11-5-3-8(13)9-10-4-6-12(9)11;1-2/h2*3-7H,1-2H3;1-2H3. The van der Waals surface area contributed by atoms with Crippen LogP contribution >= 0.6 is 0 Å². The Bertz CT molecular complexity index is 1050. The van der Waals surface area contributed by atoms with Crippen LogP contribution in [0.15, 0.2) is 58.9 Å². The summed E-state index contributed by atoms with van der Waals surface area (Å²) < 4.78 is 7.23. The third-order valence-corrected chi connectivity index (χ3v) is 4.02. The lowest BCUT2D eigenvalue weighted by Gasteiger charge is -2.12. The van der Waals surface area contributed by atoms with Gasteiger partial charge >= 0.3 is 0 Å². The number of hydrogen-bond donors (Lipinski definition) is 0. The second-order valence-corrected chi connectivity index (χ2v) is 6.50. The van der Waals surface area contributed by atoms with Crippen molar-refractivity contribution in [3.63, 3.8) is 0 Å². The summed E-state index contributed by atoms with van der Waals surface area (Å²) in [4.78, 5) is 30.8. The number of fused-ring (bicyclic) bond motifs is 2. The molecule has 0 aliphatic heterocycles. The molecule has 4 aromatic heterocycles. The molecule has 0 N–H and O–H groups in total. The van der Waals surface area contributed by atoms with Gasteiger partial charge in [0.05, 0.1) is 0 Å². The molecule has 0 unspecified atom stereocenters. The Morgan fingerprint density at radius 2 is 1.50 bits per heavy atom. The molecule has 4 heterocycles. The highest BCUT2D eigenvalue weighted by Crippen LogP contribution is 2.06. The zero-order valence-corrected chi connectivity index (χ0v) is 17.3. The van der Waals surface area contributed by atoms with E-state index in [1.165, 1.54) is 0 Å². The van der Waals surface area contributed by atoms with E-state index in [1.54, 1.807) is 58.2 Å². The molecule has 0 atom stereocenters. The molecule has 4 rings (SSSR count). The first-order valence-electron chi connectivity index (χ1n) is 9.49. The number of hydrogen-bond acceptors (Lipinski definition) is 4. The zero-order chi connectivity index (χ0) is 20.8. The van der Waals surface area contributed by atoms with Gasteiger partial charge in [-0.25, -0.2) is 14.5 Å². The van der Waals surface area contributed by atoms with E-state index in [4.69, 9.17) is 0 Å². The normalized spacial score (nSPS) is 10.7. The largest absolute Gasteiger partial charge is 0.316 e. The molecule has 0 spiro atoms. The molecule has 0 saturated heterocycles. The van der Waals surface area contributed by atoms with Crippen LogP contribution in [0, 0.1) is 0 Å². The van der Waals surface area contributed by atoms with Crippen molar-refractivity contribution in [3.8, 4) is 0 Å². The van der Waals surface area contributed by atoms with Gasteiger partial charge in [0.25, 0.3) is 5.56 Å². The van der Waals surface area contributed by atoms with E-state index in [1.807, 2.05) is 23.1 Å². The average Bonchev–Trinajstić information content (AvgIpc) is 3.34. The maximum atomic E-state index is 11.3. The fourth-order valence-corrected chi connectivity index (χ4v) is 2.72. The zero-order valence-electron chi connectivity index (χ0n) is 17.3. The predicted octanol–water partition coefficient (Wildman–Crippen LogP) is 3.18. The van der Waals surface area contributed by atoms with Gasteiger partial charge in [-0.05, 0) is 27.7 Å². The fraction of sp³-hybridized carbons (Fsp3) is 0.400. The molecule has 28 heavy (non-hydrogen) atoms. The first-order chi connectivity index (χ1) is 13.4. The molecule has 8 nitrogen and oxygen atoms in total. The van der Waals surface area contributed by atoms with Gasteiger partial charge in [-0.1, -0.05) is 13.8 Å². The van der Waals surface area contributed by atoms with Crippen molar-refractivity contribution in [1.82, 2.24) is 28.1 Å². The predicted molar refractivity (Wildman–Crippen MR) is 111 cm³/mol. The summed E-state index contributed by atoms with van der Waals surface area (Å²) in [5, 5.41) is 0. The van der Waals surface area contributed by atoms with Crippen LogP contribution in [0.3, 0.4) is 0 Å². The first-order valence-corrected chi connectivity index (χ1v) is 9.49. The SMILES string of the molecule is CC.CC(C)n1ccc(=O)c2nccn21.CC(C)n1ccc(=O)n2ccnc12. The van der Waals surface area contributed by atoms with E-state index in [9.17, 15) is 9.59 Å². The van der Waals surface area contributed by atoms with Gasteiger partial charge in [0.2, 0.25) is 11.2 Å². The Balaban J connectivity index is 0.000000184. The van der Waals surface area contributed by atoms with Crippen LogP contribution in [-0.2, 0) is 0 Å². The van der Waals surface area contributed by atoms with Crippen molar-refractivity contribution in [3.05, 3.63) is 69.9 Å². The van der Waals surface area contributed by atoms with Crippen LogP contribution in [0.2, 0.25) is 0 Å². The highest BCUT2D eigenvalue weighted by atomic mass is 16.1. The summed E-state index contributed by atoms with van der Waals surface area (Å²) in [5.41, 5.74) is 0.405. The molecule has 4 aromatic rings. The van der Waals surface area contributed by atoms with Crippen molar-refractivity contribution < 1.29 is 0 Å². The van der Waals surface area contributed by atoms with E-state index in [-0.39, 0.29) is 11.0 Å². The van der Waals surface area contributed by atoms with Crippen molar-refractivity contribution >= 4 is 11.4 Å². The summed E-state index contributed by atoms with van der Waals surface area (Å²) in [5.74, 6) is 0.697. The molecular formula is C20H28N6O2. The molecule has 0 fully saturated rings. The Morgan fingerprint density at radius 3 is 2.14 bits per heavy atom. The van der Waals surface area contributed by atoms with Gasteiger partial charge in [0, 0.05) is 61.4 Å². The molecule has 0 bridgehead atoms. The lowest BCUT2D eigenvalue weighted by atomic mass is 10.4. The van der Waals surface area contributed by atoms with E-state index < -0.39 is 0 Å². The molecule has 8 heteroatoms. The highest BCUT2D eigenvalue weighted by molar-refractivity contribution is 5.35. The third kappa shape index (κ3) is 4.21. The lowest BCUT2D eigenvalue weighted by Crippen LogP contribution is -2.16. The quantitative estimate of drug-likeness (QED) is 0.532. The van der Waals surface area contributed by atoms with Gasteiger partial charge < -0.3 is 4.57 Å². The van der Waals surface area contributed by atoms with Gasteiger partial charge in [-0.3, -0.25) is 18.7 Å². The number of imidazole rings is 2. The summed E-state index contributed by atoms with van der Waals surface area (Å²) >= 11 is 0. The van der Waals surface area contributed by atoms with Gasteiger partial charge in [-0.15, -0.1) is 0 Å². The molecule has 150 valence electrons. The Hall–Kier alpha value is -3.16. The maximum Gasteiger partial charge on any atom is 0.258 e. The van der Waals surface area contributed by atoms with Crippen LogP contribution in [0.25, 0.3) is 11.4 Å². The summed E-state index contributed by atoms with van der Waals surface area (Å²) in [7, 11) is 0. The van der Waals surface area contributed by atoms with Crippen molar-refractivity contribution in [1.29, 1.82) is 0 Å². The Kier molecular flexibility index (Phi) is 6.92. The number of aromatic nitrogens is 6. The molecule has 0 aliphatic rings. The van der Waals surface area contributed by atoms with Crippen LogP contribution in [-0.4, -0.2) is 28.1 Å². The highest BCUT2D eigenvalue weighted by Gasteiger charge is 2.05. The summed E-state index contributed by atoms with van der Waals surface area (Å²) in [6.45, 7) is 12.2. The van der Waals surface area contributed by atoms with E-state index >= 15 is 0 Å². The minimum absolute atomic E-state index is 0.0376. The van der Waals surface area contributed by atoms with Crippen molar-refractivity contribution in [2.75, 3.05) is 0 Å². The van der Waals surface area contributed by atoms with Crippen LogP contribution in [0.4, 0.5) is 0 Å². The van der Waals surface area contributed by atoms with Crippen molar-refractivity contribution in [2.45, 2.75) is 53.6 Å².